The summed E-state index contributed by atoms with van der Waals surface area (Å²) in [6.07, 6.45) is 4.43. The SMILES string of the molecule is C=C(C)C1CCC2=C(CCC3(C)C(C(CCC(=C)C(C)(C)O)C(=O)O)C(O)CC23C)C1(C)CCC(=O)O. The van der Waals surface area contributed by atoms with Gasteiger partial charge < -0.3 is 20.4 Å². The van der Waals surface area contributed by atoms with Crippen LogP contribution in [0.2, 0.25) is 0 Å². The van der Waals surface area contributed by atoms with Gasteiger partial charge in [0.2, 0.25) is 0 Å². The van der Waals surface area contributed by atoms with Crippen LogP contribution in [0, 0.1) is 34.0 Å². The maximum absolute atomic E-state index is 12.6. The molecule has 3 aliphatic rings. The van der Waals surface area contributed by atoms with Gasteiger partial charge in [0, 0.05) is 12.3 Å². The molecule has 0 saturated heterocycles. The van der Waals surface area contributed by atoms with Crippen molar-refractivity contribution in [2.24, 2.45) is 34.0 Å². The number of rotatable bonds is 10. The standard InChI is InChI=1S/C31H48O6/c1-18(2)21-11-12-23-22(29(21,6)15-14-25(33)34)13-16-30(7)26(24(32)17-31(23,30)8)20(27(35)36)10-9-19(3)28(4,5)37/h20-21,24,26,32,37H,1,3,9-17H2,2,4-8H3,(H,33,34)(H,35,36). The zero-order valence-corrected chi connectivity index (χ0v) is 23.7. The molecular weight excluding hydrogens is 468 g/mol. The van der Waals surface area contributed by atoms with Crippen LogP contribution in [0.15, 0.2) is 35.5 Å². The molecule has 0 heterocycles. The highest BCUT2D eigenvalue weighted by Crippen LogP contribution is 2.71. The summed E-state index contributed by atoms with van der Waals surface area (Å²) >= 11 is 0. The predicted octanol–water partition coefficient (Wildman–Crippen LogP) is 6.14. The minimum atomic E-state index is -1.08. The number of fused-ring (bicyclic) bond motifs is 2. The van der Waals surface area contributed by atoms with Crippen LogP contribution >= 0.6 is 0 Å². The molecule has 6 nitrogen and oxygen atoms in total. The average molecular weight is 517 g/mol. The van der Waals surface area contributed by atoms with Gasteiger partial charge in [-0.1, -0.05) is 50.6 Å². The molecule has 0 spiro atoms. The van der Waals surface area contributed by atoms with Gasteiger partial charge in [-0.05, 0) is 99.9 Å². The molecule has 1 saturated carbocycles. The third-order valence-corrected chi connectivity index (χ3v) is 10.9. The van der Waals surface area contributed by atoms with Gasteiger partial charge >= 0.3 is 11.9 Å². The summed E-state index contributed by atoms with van der Waals surface area (Å²) in [5.41, 5.74) is 2.16. The first-order valence-electron chi connectivity index (χ1n) is 13.8. The number of aliphatic hydroxyl groups excluding tert-OH is 1. The van der Waals surface area contributed by atoms with E-state index in [1.807, 2.05) is 6.92 Å². The monoisotopic (exact) mass is 516 g/mol. The Morgan fingerprint density at radius 2 is 1.70 bits per heavy atom. The number of allylic oxidation sites excluding steroid dienone is 3. The highest BCUT2D eigenvalue weighted by atomic mass is 16.4. The molecule has 7 unspecified atom stereocenters. The fourth-order valence-electron chi connectivity index (χ4n) is 8.51. The molecule has 4 N–H and O–H groups in total. The summed E-state index contributed by atoms with van der Waals surface area (Å²) in [6.45, 7) is 20.2. The van der Waals surface area contributed by atoms with Crippen molar-refractivity contribution in [2.45, 2.75) is 111 Å². The molecule has 0 bridgehead atoms. The fraction of sp³-hybridized carbons (Fsp3) is 0.742. The van der Waals surface area contributed by atoms with E-state index in [1.54, 1.807) is 13.8 Å². The van der Waals surface area contributed by atoms with Gasteiger partial charge in [0.25, 0.3) is 0 Å². The van der Waals surface area contributed by atoms with E-state index >= 15 is 0 Å². The third-order valence-electron chi connectivity index (χ3n) is 10.9. The zero-order valence-electron chi connectivity index (χ0n) is 23.7. The lowest BCUT2D eigenvalue weighted by atomic mass is 9.47. The van der Waals surface area contributed by atoms with Gasteiger partial charge in [0.05, 0.1) is 17.6 Å². The Bertz CT molecular complexity index is 1000. The minimum Gasteiger partial charge on any atom is -0.481 e. The first-order valence-corrected chi connectivity index (χ1v) is 13.8. The molecule has 7 atom stereocenters. The topological polar surface area (TPSA) is 115 Å². The summed E-state index contributed by atoms with van der Waals surface area (Å²) in [6, 6.07) is 0. The van der Waals surface area contributed by atoms with E-state index in [2.05, 4.69) is 33.9 Å². The number of carboxylic acid groups (broad SMARTS) is 2. The van der Waals surface area contributed by atoms with E-state index < -0.39 is 40.9 Å². The van der Waals surface area contributed by atoms with Crippen LogP contribution in [-0.2, 0) is 9.59 Å². The molecule has 0 radical (unpaired) electrons. The number of hydrogen-bond acceptors (Lipinski definition) is 4. The van der Waals surface area contributed by atoms with Gasteiger partial charge in [-0.15, -0.1) is 0 Å². The molecule has 1 fully saturated rings. The fourth-order valence-corrected chi connectivity index (χ4v) is 8.51. The van der Waals surface area contributed by atoms with Gasteiger partial charge in [-0.25, -0.2) is 0 Å². The first-order chi connectivity index (χ1) is 16.9. The first kappa shape index (κ1) is 29.6. The molecule has 3 rings (SSSR count). The maximum atomic E-state index is 12.6. The third kappa shape index (κ3) is 4.96. The second-order valence-electron chi connectivity index (χ2n) is 13.4. The van der Waals surface area contributed by atoms with Crippen LogP contribution in [0.3, 0.4) is 0 Å². The highest BCUT2D eigenvalue weighted by molar-refractivity contribution is 5.71. The Morgan fingerprint density at radius 1 is 1.08 bits per heavy atom. The van der Waals surface area contributed by atoms with E-state index in [-0.39, 0.29) is 23.2 Å². The van der Waals surface area contributed by atoms with Crippen molar-refractivity contribution in [2.75, 3.05) is 0 Å². The summed E-state index contributed by atoms with van der Waals surface area (Å²) in [5.74, 6) is -2.65. The lowest BCUT2D eigenvalue weighted by Crippen LogP contribution is -2.49. The summed E-state index contributed by atoms with van der Waals surface area (Å²) in [7, 11) is 0. The van der Waals surface area contributed by atoms with Crippen molar-refractivity contribution < 1.29 is 30.0 Å². The van der Waals surface area contributed by atoms with E-state index in [9.17, 15) is 30.0 Å². The number of carbonyl (C=O) groups is 2. The number of aliphatic hydroxyl groups is 2. The second kappa shape index (κ2) is 10.00. The van der Waals surface area contributed by atoms with Crippen LogP contribution in [0.4, 0.5) is 0 Å². The molecule has 0 aliphatic heterocycles. The van der Waals surface area contributed by atoms with E-state index in [4.69, 9.17) is 0 Å². The van der Waals surface area contributed by atoms with Gasteiger partial charge in [0.1, 0.15) is 0 Å². The van der Waals surface area contributed by atoms with E-state index in [0.717, 1.165) is 31.3 Å². The summed E-state index contributed by atoms with van der Waals surface area (Å²) in [4.78, 5) is 24.2. The summed E-state index contributed by atoms with van der Waals surface area (Å²) in [5, 5.41) is 41.6. The van der Waals surface area contributed by atoms with E-state index in [0.29, 0.717) is 31.3 Å². The minimum absolute atomic E-state index is 0.0997. The Kier molecular flexibility index (Phi) is 8.01. The van der Waals surface area contributed by atoms with Gasteiger partial charge in [-0.2, -0.15) is 0 Å². The summed E-state index contributed by atoms with van der Waals surface area (Å²) < 4.78 is 0. The Labute approximate surface area is 222 Å². The van der Waals surface area contributed by atoms with Crippen LogP contribution in [0.25, 0.3) is 0 Å². The maximum Gasteiger partial charge on any atom is 0.306 e. The normalized spacial score (nSPS) is 36.5. The quantitative estimate of drug-likeness (QED) is 0.259. The van der Waals surface area contributed by atoms with Gasteiger partial charge in [-0.3, -0.25) is 9.59 Å². The molecule has 3 aliphatic carbocycles. The van der Waals surface area contributed by atoms with Gasteiger partial charge in [0.15, 0.2) is 0 Å². The molecule has 0 aromatic carbocycles. The Balaban J connectivity index is 2.04. The Morgan fingerprint density at radius 3 is 2.22 bits per heavy atom. The van der Waals surface area contributed by atoms with Crippen molar-refractivity contribution in [1.82, 2.24) is 0 Å². The van der Waals surface area contributed by atoms with Crippen LogP contribution in [-0.4, -0.2) is 44.1 Å². The average Bonchev–Trinajstić information content (AvgIpc) is 2.97. The lowest BCUT2D eigenvalue weighted by Gasteiger charge is -2.57. The lowest BCUT2D eigenvalue weighted by molar-refractivity contribution is -0.149. The second-order valence-corrected chi connectivity index (χ2v) is 13.4. The van der Waals surface area contributed by atoms with Crippen LogP contribution in [0.5, 0.6) is 0 Å². The largest absolute Gasteiger partial charge is 0.481 e. The molecule has 37 heavy (non-hydrogen) atoms. The highest BCUT2D eigenvalue weighted by Gasteiger charge is 2.65. The van der Waals surface area contributed by atoms with Crippen molar-refractivity contribution in [1.29, 1.82) is 0 Å². The number of carboxylic acids is 2. The molecule has 0 amide bonds. The van der Waals surface area contributed by atoms with Crippen LogP contribution < -0.4 is 0 Å². The number of hydrogen-bond donors (Lipinski definition) is 4. The van der Waals surface area contributed by atoms with E-state index in [1.165, 1.54) is 11.1 Å². The van der Waals surface area contributed by atoms with Crippen molar-refractivity contribution in [3.63, 3.8) is 0 Å². The smallest absolute Gasteiger partial charge is 0.306 e. The van der Waals surface area contributed by atoms with Crippen molar-refractivity contribution in [3.05, 3.63) is 35.5 Å². The predicted molar refractivity (Wildman–Crippen MR) is 145 cm³/mol. The van der Waals surface area contributed by atoms with Crippen molar-refractivity contribution in [3.8, 4) is 0 Å². The number of aliphatic carboxylic acids is 2. The molecule has 0 aromatic rings. The van der Waals surface area contributed by atoms with Crippen LogP contribution in [0.1, 0.15) is 99.3 Å². The Hall–Kier alpha value is -1.92. The molecular formula is C31H48O6. The van der Waals surface area contributed by atoms with Crippen molar-refractivity contribution >= 4 is 11.9 Å². The molecule has 0 aromatic heterocycles. The molecule has 208 valence electrons. The zero-order chi connectivity index (χ0) is 28.1. The molecule has 6 heteroatoms.